The van der Waals surface area contributed by atoms with Crippen LogP contribution in [0.1, 0.15) is 32.0 Å². The maximum Gasteiger partial charge on any atom is 0.158 e. The van der Waals surface area contributed by atoms with Crippen LogP contribution in [-0.4, -0.2) is 30.2 Å². The van der Waals surface area contributed by atoms with Gasteiger partial charge in [0.25, 0.3) is 0 Å². The third-order valence-corrected chi connectivity index (χ3v) is 3.05. The van der Waals surface area contributed by atoms with Gasteiger partial charge in [-0.1, -0.05) is 6.92 Å². The number of methoxy groups -OCH3 is 1. The molecule has 18 heavy (non-hydrogen) atoms. The third kappa shape index (κ3) is 3.57. The van der Waals surface area contributed by atoms with Gasteiger partial charge < -0.3 is 15.4 Å². The van der Waals surface area contributed by atoms with Gasteiger partial charge in [-0.15, -0.1) is 0 Å². The van der Waals surface area contributed by atoms with Gasteiger partial charge >= 0.3 is 0 Å². The van der Waals surface area contributed by atoms with Crippen molar-refractivity contribution in [2.75, 3.05) is 30.8 Å². The predicted octanol–water partition coefficient (Wildman–Crippen LogP) is 1.83. The first kappa shape index (κ1) is 13.1. The summed E-state index contributed by atoms with van der Waals surface area (Å²) in [6.07, 6.45) is 3.79. The summed E-state index contributed by atoms with van der Waals surface area (Å²) in [5.74, 6) is 2.94. The van der Waals surface area contributed by atoms with Gasteiger partial charge in [-0.2, -0.15) is 0 Å². The fourth-order valence-corrected chi connectivity index (χ4v) is 2.04. The SMILES string of the molecule is CCCN(CC1CC1)c1cc(N)nc(COC)n1. The molecule has 2 N–H and O–H groups in total. The van der Waals surface area contributed by atoms with E-state index in [1.54, 1.807) is 7.11 Å². The Morgan fingerprint density at radius 1 is 1.44 bits per heavy atom. The highest BCUT2D eigenvalue weighted by atomic mass is 16.5. The first-order valence-corrected chi connectivity index (χ1v) is 6.60. The van der Waals surface area contributed by atoms with Gasteiger partial charge in [0.2, 0.25) is 0 Å². The van der Waals surface area contributed by atoms with Gasteiger partial charge in [-0.05, 0) is 25.2 Å². The van der Waals surface area contributed by atoms with E-state index in [4.69, 9.17) is 10.5 Å². The normalized spacial score (nSPS) is 14.8. The number of hydrogen-bond donors (Lipinski definition) is 1. The topological polar surface area (TPSA) is 64.3 Å². The lowest BCUT2D eigenvalue weighted by Crippen LogP contribution is -2.28. The van der Waals surface area contributed by atoms with Gasteiger partial charge in [-0.3, -0.25) is 0 Å². The molecule has 5 nitrogen and oxygen atoms in total. The number of ether oxygens (including phenoxy) is 1. The molecular weight excluding hydrogens is 228 g/mol. The van der Waals surface area contributed by atoms with Crippen molar-refractivity contribution in [2.45, 2.75) is 32.8 Å². The minimum Gasteiger partial charge on any atom is -0.384 e. The van der Waals surface area contributed by atoms with Crippen LogP contribution in [0.5, 0.6) is 0 Å². The Labute approximate surface area is 108 Å². The van der Waals surface area contributed by atoms with E-state index in [0.29, 0.717) is 18.2 Å². The summed E-state index contributed by atoms with van der Waals surface area (Å²) in [6.45, 7) is 4.68. The molecule has 0 unspecified atom stereocenters. The zero-order chi connectivity index (χ0) is 13.0. The molecule has 1 aromatic heterocycles. The Morgan fingerprint density at radius 2 is 2.22 bits per heavy atom. The summed E-state index contributed by atoms with van der Waals surface area (Å²) in [4.78, 5) is 11.0. The summed E-state index contributed by atoms with van der Waals surface area (Å²) in [6, 6.07) is 1.86. The molecule has 0 atom stereocenters. The third-order valence-electron chi connectivity index (χ3n) is 3.05. The average molecular weight is 250 g/mol. The van der Waals surface area contributed by atoms with Crippen LogP contribution in [0.15, 0.2) is 6.07 Å². The average Bonchev–Trinajstić information content (AvgIpc) is 3.12. The van der Waals surface area contributed by atoms with Crippen molar-refractivity contribution in [2.24, 2.45) is 5.92 Å². The van der Waals surface area contributed by atoms with E-state index in [1.165, 1.54) is 12.8 Å². The molecule has 0 aromatic carbocycles. The summed E-state index contributed by atoms with van der Waals surface area (Å²) in [5.41, 5.74) is 5.84. The first-order chi connectivity index (χ1) is 8.72. The molecule has 0 spiro atoms. The van der Waals surface area contributed by atoms with E-state index in [9.17, 15) is 0 Å². The number of hydrogen-bond acceptors (Lipinski definition) is 5. The maximum atomic E-state index is 5.84. The highest BCUT2D eigenvalue weighted by molar-refractivity contribution is 5.47. The van der Waals surface area contributed by atoms with Crippen molar-refractivity contribution in [3.8, 4) is 0 Å². The Balaban J connectivity index is 2.15. The molecule has 1 aliphatic rings. The maximum absolute atomic E-state index is 5.84. The lowest BCUT2D eigenvalue weighted by molar-refractivity contribution is 0.178. The number of nitrogens with zero attached hydrogens (tertiary/aromatic N) is 3. The molecule has 0 amide bonds. The standard InChI is InChI=1S/C13H22N4O/c1-3-6-17(8-10-4-5-10)13-7-11(14)15-12(16-13)9-18-2/h7,10H,3-6,8-9H2,1-2H3,(H2,14,15,16). The van der Waals surface area contributed by atoms with Crippen molar-refractivity contribution in [3.05, 3.63) is 11.9 Å². The molecule has 5 heteroatoms. The number of anilines is 2. The van der Waals surface area contributed by atoms with Crippen molar-refractivity contribution >= 4 is 11.6 Å². The van der Waals surface area contributed by atoms with Gasteiger partial charge in [0, 0.05) is 26.3 Å². The summed E-state index contributed by atoms with van der Waals surface area (Å²) < 4.78 is 5.07. The molecule has 0 bridgehead atoms. The molecule has 1 aliphatic carbocycles. The number of aromatic nitrogens is 2. The molecule has 1 saturated carbocycles. The second-order valence-electron chi connectivity index (χ2n) is 4.89. The monoisotopic (exact) mass is 250 g/mol. The zero-order valence-electron chi connectivity index (χ0n) is 11.2. The molecule has 2 rings (SSSR count). The quantitative estimate of drug-likeness (QED) is 0.800. The Hall–Kier alpha value is -1.36. The van der Waals surface area contributed by atoms with Crippen LogP contribution in [0, 0.1) is 5.92 Å². The van der Waals surface area contributed by atoms with Gasteiger partial charge in [0.1, 0.15) is 18.2 Å². The molecule has 1 heterocycles. The predicted molar refractivity (Wildman–Crippen MR) is 72.4 cm³/mol. The van der Waals surface area contributed by atoms with Crippen LogP contribution >= 0.6 is 0 Å². The van der Waals surface area contributed by atoms with Gasteiger partial charge in [-0.25, -0.2) is 9.97 Å². The van der Waals surface area contributed by atoms with Gasteiger partial charge in [0.15, 0.2) is 5.82 Å². The van der Waals surface area contributed by atoms with Gasteiger partial charge in [0.05, 0.1) is 0 Å². The number of rotatable bonds is 7. The second-order valence-corrected chi connectivity index (χ2v) is 4.89. The van der Waals surface area contributed by atoms with Crippen LogP contribution < -0.4 is 10.6 Å². The summed E-state index contributed by atoms with van der Waals surface area (Å²) in [5, 5.41) is 0. The van der Waals surface area contributed by atoms with E-state index < -0.39 is 0 Å². The molecule has 100 valence electrons. The smallest absolute Gasteiger partial charge is 0.158 e. The van der Waals surface area contributed by atoms with E-state index in [1.807, 2.05) is 6.07 Å². The molecule has 0 radical (unpaired) electrons. The van der Waals surface area contributed by atoms with E-state index >= 15 is 0 Å². The van der Waals surface area contributed by atoms with E-state index in [0.717, 1.165) is 31.2 Å². The molecule has 1 fully saturated rings. The van der Waals surface area contributed by atoms with Crippen molar-refractivity contribution in [1.82, 2.24) is 9.97 Å². The zero-order valence-corrected chi connectivity index (χ0v) is 11.2. The fourth-order valence-electron chi connectivity index (χ4n) is 2.04. The molecule has 0 aliphatic heterocycles. The summed E-state index contributed by atoms with van der Waals surface area (Å²) >= 11 is 0. The molecular formula is C13H22N4O. The van der Waals surface area contributed by atoms with E-state index in [2.05, 4.69) is 21.8 Å². The van der Waals surface area contributed by atoms with Crippen molar-refractivity contribution in [3.63, 3.8) is 0 Å². The van der Waals surface area contributed by atoms with Crippen LogP contribution in [0.25, 0.3) is 0 Å². The fraction of sp³-hybridized carbons (Fsp3) is 0.692. The highest BCUT2D eigenvalue weighted by Crippen LogP contribution is 2.31. The Bertz CT molecular complexity index is 393. The Morgan fingerprint density at radius 3 is 2.83 bits per heavy atom. The Kier molecular flexibility index (Phi) is 4.36. The minimum absolute atomic E-state index is 0.404. The van der Waals surface area contributed by atoms with Crippen LogP contribution in [0.4, 0.5) is 11.6 Å². The molecule has 1 aromatic rings. The molecule has 0 saturated heterocycles. The first-order valence-electron chi connectivity index (χ1n) is 6.60. The van der Waals surface area contributed by atoms with Crippen LogP contribution in [-0.2, 0) is 11.3 Å². The second kappa shape index (κ2) is 6.00. The van der Waals surface area contributed by atoms with Crippen molar-refractivity contribution in [1.29, 1.82) is 0 Å². The largest absolute Gasteiger partial charge is 0.384 e. The van der Waals surface area contributed by atoms with Crippen LogP contribution in [0.3, 0.4) is 0 Å². The van der Waals surface area contributed by atoms with Crippen LogP contribution in [0.2, 0.25) is 0 Å². The van der Waals surface area contributed by atoms with E-state index in [-0.39, 0.29) is 0 Å². The minimum atomic E-state index is 0.404. The number of nitrogens with two attached hydrogens (primary N) is 1. The highest BCUT2D eigenvalue weighted by Gasteiger charge is 2.25. The number of nitrogen functional groups attached to an aromatic ring is 1. The lowest BCUT2D eigenvalue weighted by atomic mass is 10.3. The van der Waals surface area contributed by atoms with Crippen molar-refractivity contribution < 1.29 is 4.74 Å². The summed E-state index contributed by atoms with van der Waals surface area (Å²) in [7, 11) is 1.64. The lowest BCUT2D eigenvalue weighted by Gasteiger charge is -2.23.